The van der Waals surface area contributed by atoms with Gasteiger partial charge in [-0.05, 0) is 62.9 Å². The van der Waals surface area contributed by atoms with Gasteiger partial charge in [-0.1, -0.05) is 19.1 Å². The molecule has 1 unspecified atom stereocenters. The summed E-state index contributed by atoms with van der Waals surface area (Å²) in [6, 6.07) is 7.08. The van der Waals surface area contributed by atoms with Gasteiger partial charge in [-0.25, -0.2) is 0 Å². The van der Waals surface area contributed by atoms with Crippen LogP contribution in [0.4, 0.5) is 0 Å². The van der Waals surface area contributed by atoms with E-state index in [4.69, 9.17) is 4.74 Å². The minimum Gasteiger partial charge on any atom is -0.361 e. The monoisotopic (exact) mass is 387 g/mol. The minimum atomic E-state index is -0.777. The van der Waals surface area contributed by atoms with E-state index < -0.39 is 5.44 Å². The number of fused-ring (bicyclic) bond motifs is 2. The van der Waals surface area contributed by atoms with Crippen LogP contribution >= 0.6 is 12.6 Å². The fourth-order valence-electron chi connectivity index (χ4n) is 5.08. The van der Waals surface area contributed by atoms with Crippen molar-refractivity contribution in [2.24, 2.45) is 0 Å². The van der Waals surface area contributed by atoms with Crippen LogP contribution in [0.3, 0.4) is 0 Å². The second-order valence-corrected chi connectivity index (χ2v) is 8.23. The van der Waals surface area contributed by atoms with Crippen LogP contribution in [0.15, 0.2) is 18.2 Å². The number of carbonyl (C=O) groups is 1. The Morgan fingerprint density at radius 3 is 3.00 bits per heavy atom. The maximum Gasteiger partial charge on any atom is 0.278 e. The van der Waals surface area contributed by atoms with Crippen LogP contribution in [0.5, 0.6) is 0 Å². The highest BCUT2D eigenvalue weighted by Gasteiger charge is 2.38. The van der Waals surface area contributed by atoms with E-state index in [0.717, 1.165) is 24.2 Å². The van der Waals surface area contributed by atoms with Crippen molar-refractivity contribution in [3.63, 3.8) is 0 Å². The lowest BCUT2D eigenvalue weighted by Crippen LogP contribution is -2.47. The molecule has 0 saturated carbocycles. The second kappa shape index (κ2) is 7.49. The van der Waals surface area contributed by atoms with E-state index >= 15 is 0 Å². The molecule has 1 fully saturated rings. The molecule has 1 aromatic carbocycles. The number of likely N-dealkylation sites (tertiary alicyclic amines) is 1. The lowest BCUT2D eigenvalue weighted by molar-refractivity contribution is -0.122. The summed E-state index contributed by atoms with van der Waals surface area (Å²) in [5, 5.41) is 1.34. The number of benzene rings is 1. The zero-order chi connectivity index (χ0) is 19.1. The maximum absolute atomic E-state index is 12.4. The predicted molar refractivity (Wildman–Crippen MR) is 112 cm³/mol. The second-order valence-electron chi connectivity index (χ2n) is 7.76. The highest BCUT2D eigenvalue weighted by Crippen LogP contribution is 2.45. The van der Waals surface area contributed by atoms with Gasteiger partial charge >= 0.3 is 0 Å². The van der Waals surface area contributed by atoms with Crippen LogP contribution < -0.4 is 5.43 Å². The number of ether oxygens (including phenoxy) is 1. The number of nitrogens with one attached hydrogen (secondary N) is 1. The third kappa shape index (κ3) is 3.08. The quantitative estimate of drug-likeness (QED) is 0.610. The molecule has 1 saturated heterocycles. The number of nitrogens with zero attached hydrogens (tertiary/aromatic N) is 2. The summed E-state index contributed by atoms with van der Waals surface area (Å²) < 4.78 is 6.99. The Balaban J connectivity index is 1.79. The number of rotatable bonds is 5. The molecule has 1 aliphatic carbocycles. The smallest absolute Gasteiger partial charge is 0.278 e. The highest BCUT2D eigenvalue weighted by molar-refractivity contribution is 7.81. The molecule has 1 aliphatic heterocycles. The van der Waals surface area contributed by atoms with Gasteiger partial charge in [0.2, 0.25) is 0 Å². The van der Waals surface area contributed by atoms with Gasteiger partial charge in [0, 0.05) is 30.1 Å². The van der Waals surface area contributed by atoms with E-state index in [1.165, 1.54) is 49.4 Å². The number of aromatic nitrogens is 1. The summed E-state index contributed by atoms with van der Waals surface area (Å²) in [7, 11) is 1.49. The first-order valence-corrected chi connectivity index (χ1v) is 10.5. The molecule has 27 heavy (non-hydrogen) atoms. The number of hydrogen-bond acceptors (Lipinski definition) is 4. The van der Waals surface area contributed by atoms with Crippen molar-refractivity contribution in [3.05, 3.63) is 35.0 Å². The highest BCUT2D eigenvalue weighted by atomic mass is 32.1. The summed E-state index contributed by atoms with van der Waals surface area (Å²) in [6.07, 6.45) is 4.76. The van der Waals surface area contributed by atoms with E-state index in [1.54, 1.807) is 0 Å². The zero-order valence-electron chi connectivity index (χ0n) is 16.4. The average molecular weight is 388 g/mol. The fraction of sp³-hybridized carbons (Fsp3) is 0.571. The van der Waals surface area contributed by atoms with Gasteiger partial charge in [-0.3, -0.25) is 19.8 Å². The number of methoxy groups -OCH3 is 1. The third-order valence-corrected chi connectivity index (χ3v) is 6.72. The lowest BCUT2D eigenvalue weighted by Gasteiger charge is -2.44. The molecule has 2 aliphatic rings. The summed E-state index contributed by atoms with van der Waals surface area (Å²) in [5.41, 5.74) is 7.23. The van der Waals surface area contributed by atoms with Crippen LogP contribution in [-0.4, -0.2) is 47.2 Å². The van der Waals surface area contributed by atoms with Gasteiger partial charge < -0.3 is 4.74 Å². The Morgan fingerprint density at radius 1 is 1.44 bits per heavy atom. The molecule has 146 valence electrons. The Morgan fingerprint density at radius 2 is 2.26 bits per heavy atom. The SMILES string of the molecule is CCCN1CCC[C@@H]2c3cccc4c3c(c(C)n4NC(=O)C(S)OC)C[C@H]21. The molecule has 4 rings (SSSR count). The first-order valence-electron chi connectivity index (χ1n) is 9.95. The standard InChI is InChI=1S/C21H29N3O2S/c1-4-10-23-11-6-8-14-15-7-5-9-17-19(15)16(12-18(14)23)13(2)24(17)22-20(25)21(27)26-3/h5,7,9,14,18,21,27H,4,6,8,10-12H2,1-3H3,(H,22,25)/t14-,18-,21?/m1/s1. The molecule has 0 spiro atoms. The van der Waals surface area contributed by atoms with Gasteiger partial charge in [-0.2, -0.15) is 0 Å². The van der Waals surface area contributed by atoms with Gasteiger partial charge in [0.05, 0.1) is 5.52 Å². The summed E-state index contributed by atoms with van der Waals surface area (Å²) in [6.45, 7) is 6.73. The maximum atomic E-state index is 12.4. The van der Waals surface area contributed by atoms with Crippen molar-refractivity contribution < 1.29 is 9.53 Å². The Kier molecular flexibility index (Phi) is 5.23. The van der Waals surface area contributed by atoms with E-state index in [1.807, 2.05) is 4.68 Å². The molecule has 1 N–H and O–H groups in total. The van der Waals surface area contributed by atoms with Gasteiger partial charge in [0.15, 0.2) is 5.44 Å². The first-order chi connectivity index (χ1) is 13.1. The average Bonchev–Trinajstić information content (AvgIpc) is 2.95. The molecule has 2 heterocycles. The van der Waals surface area contributed by atoms with Crippen molar-refractivity contribution in [1.29, 1.82) is 0 Å². The fourth-order valence-corrected chi connectivity index (χ4v) is 5.14. The van der Waals surface area contributed by atoms with Crippen molar-refractivity contribution >= 4 is 29.4 Å². The minimum absolute atomic E-state index is 0.248. The molecule has 0 radical (unpaired) electrons. The summed E-state index contributed by atoms with van der Waals surface area (Å²) in [5.74, 6) is 0.339. The van der Waals surface area contributed by atoms with E-state index in [0.29, 0.717) is 12.0 Å². The third-order valence-electron chi connectivity index (χ3n) is 6.28. The molecule has 1 aromatic heterocycles. The number of hydrogen-bond donors (Lipinski definition) is 2. The van der Waals surface area contributed by atoms with Gasteiger partial charge in [0.25, 0.3) is 5.91 Å². The van der Waals surface area contributed by atoms with Crippen LogP contribution in [0, 0.1) is 6.92 Å². The Labute approximate surface area is 166 Å². The summed E-state index contributed by atoms with van der Waals surface area (Å²) >= 11 is 4.19. The van der Waals surface area contributed by atoms with Crippen molar-refractivity contribution in [3.8, 4) is 0 Å². The van der Waals surface area contributed by atoms with Gasteiger partial charge in [-0.15, -0.1) is 12.6 Å². The van der Waals surface area contributed by atoms with Crippen LogP contribution in [0.25, 0.3) is 10.9 Å². The molecule has 3 atom stereocenters. The number of thiol groups is 1. The van der Waals surface area contributed by atoms with Crippen LogP contribution in [0.2, 0.25) is 0 Å². The molecular formula is C21H29N3O2S. The lowest BCUT2D eigenvalue weighted by atomic mass is 9.74. The first kappa shape index (κ1) is 18.8. The molecule has 6 heteroatoms. The topological polar surface area (TPSA) is 46.5 Å². The van der Waals surface area contributed by atoms with Crippen LogP contribution in [0.1, 0.15) is 48.9 Å². The molecule has 5 nitrogen and oxygen atoms in total. The normalized spacial score (nSPS) is 23.3. The van der Waals surface area contributed by atoms with E-state index in [-0.39, 0.29) is 5.91 Å². The molecule has 2 aromatic rings. The van der Waals surface area contributed by atoms with Crippen molar-refractivity contribution in [1.82, 2.24) is 9.58 Å². The van der Waals surface area contributed by atoms with Crippen molar-refractivity contribution in [2.75, 3.05) is 25.6 Å². The molecule has 0 bridgehead atoms. The Hall–Kier alpha value is -1.50. The largest absolute Gasteiger partial charge is 0.361 e. The number of amides is 1. The van der Waals surface area contributed by atoms with Crippen LogP contribution in [-0.2, 0) is 16.0 Å². The number of carbonyl (C=O) groups excluding carboxylic acids is 1. The Bertz CT molecular complexity index is 861. The molecule has 1 amide bonds. The zero-order valence-corrected chi connectivity index (χ0v) is 17.3. The number of piperidine rings is 1. The van der Waals surface area contributed by atoms with Crippen molar-refractivity contribution in [2.45, 2.75) is 56.9 Å². The van der Waals surface area contributed by atoms with E-state index in [9.17, 15) is 4.79 Å². The summed E-state index contributed by atoms with van der Waals surface area (Å²) in [4.78, 5) is 15.1. The predicted octanol–water partition coefficient (Wildman–Crippen LogP) is 3.44. The van der Waals surface area contributed by atoms with E-state index in [2.05, 4.69) is 55.0 Å². The van der Waals surface area contributed by atoms with Gasteiger partial charge in [0.1, 0.15) is 0 Å². The molecular weight excluding hydrogens is 358 g/mol.